The van der Waals surface area contributed by atoms with Gasteiger partial charge in [-0.25, -0.2) is 0 Å². The van der Waals surface area contributed by atoms with E-state index in [0.717, 1.165) is 18.6 Å². The molecule has 0 spiro atoms. The second-order valence-electron chi connectivity index (χ2n) is 2.26. The average molecular weight is 128 g/mol. The molecule has 0 unspecified atom stereocenters. The van der Waals surface area contributed by atoms with Gasteiger partial charge < -0.3 is 9.84 Å². The first-order valence-corrected chi connectivity index (χ1v) is 3.29. The van der Waals surface area contributed by atoms with E-state index in [-0.39, 0.29) is 6.10 Å². The Bertz CT molecular complexity index is 108. The summed E-state index contributed by atoms with van der Waals surface area (Å²) >= 11 is 0. The van der Waals surface area contributed by atoms with Gasteiger partial charge in [0.05, 0.1) is 11.9 Å². The highest BCUT2D eigenvalue weighted by Crippen LogP contribution is 2.15. The number of hydrogen-bond donors (Lipinski definition) is 1. The molecule has 1 aliphatic heterocycles. The average Bonchev–Trinajstić information content (AvgIpc) is 1.90. The summed E-state index contributed by atoms with van der Waals surface area (Å²) in [6, 6.07) is 0. The van der Waals surface area contributed by atoms with Crippen LogP contribution in [0.1, 0.15) is 19.8 Å². The molecule has 0 aromatic rings. The van der Waals surface area contributed by atoms with Gasteiger partial charge in [0, 0.05) is 6.42 Å². The minimum atomic E-state index is -0.242. The minimum absolute atomic E-state index is 0.242. The Morgan fingerprint density at radius 3 is 3.00 bits per heavy atom. The molecule has 2 nitrogen and oxygen atoms in total. The zero-order valence-corrected chi connectivity index (χ0v) is 5.63. The summed E-state index contributed by atoms with van der Waals surface area (Å²) in [5.74, 6) is 1.01. The Morgan fingerprint density at radius 1 is 1.78 bits per heavy atom. The van der Waals surface area contributed by atoms with Gasteiger partial charge in [0.1, 0.15) is 6.61 Å². The van der Waals surface area contributed by atoms with E-state index >= 15 is 0 Å². The van der Waals surface area contributed by atoms with Gasteiger partial charge >= 0.3 is 0 Å². The van der Waals surface area contributed by atoms with Crippen LogP contribution in [0.5, 0.6) is 0 Å². The Labute approximate surface area is 55.1 Å². The maximum absolute atomic E-state index is 8.97. The molecule has 0 amide bonds. The fraction of sp³-hybridized carbons (Fsp3) is 0.714. The van der Waals surface area contributed by atoms with Crippen LogP contribution >= 0.6 is 0 Å². The predicted molar refractivity (Wildman–Crippen MR) is 34.9 cm³/mol. The van der Waals surface area contributed by atoms with Gasteiger partial charge in [0.15, 0.2) is 0 Å². The lowest BCUT2D eigenvalue weighted by Crippen LogP contribution is -2.20. The molecule has 1 atom stereocenters. The first-order chi connectivity index (χ1) is 4.33. The van der Waals surface area contributed by atoms with Crippen molar-refractivity contribution >= 4 is 0 Å². The van der Waals surface area contributed by atoms with Crippen molar-refractivity contribution in [2.24, 2.45) is 0 Å². The summed E-state index contributed by atoms with van der Waals surface area (Å²) in [5.41, 5.74) is 0. The van der Waals surface area contributed by atoms with E-state index < -0.39 is 0 Å². The zero-order chi connectivity index (χ0) is 6.69. The standard InChI is InChI=1S/C7H12O2/c1-2-7-4-3-6(8)5-9-7/h2,6,8H,3-5H2,1H3/t6-/m1/s1. The van der Waals surface area contributed by atoms with Crippen molar-refractivity contribution in [3.8, 4) is 0 Å². The lowest BCUT2D eigenvalue weighted by atomic mass is 10.1. The lowest BCUT2D eigenvalue weighted by Gasteiger charge is -2.20. The highest BCUT2D eigenvalue weighted by atomic mass is 16.5. The van der Waals surface area contributed by atoms with Crippen LogP contribution in [0.15, 0.2) is 11.8 Å². The van der Waals surface area contributed by atoms with Gasteiger partial charge in [-0.1, -0.05) is 0 Å². The molecule has 0 aromatic carbocycles. The maximum Gasteiger partial charge on any atom is 0.114 e. The summed E-state index contributed by atoms with van der Waals surface area (Å²) in [5, 5.41) is 8.97. The van der Waals surface area contributed by atoms with Crippen LogP contribution in [0.2, 0.25) is 0 Å². The quantitative estimate of drug-likeness (QED) is 0.528. The molecule has 0 aliphatic carbocycles. The molecular formula is C7H12O2. The van der Waals surface area contributed by atoms with Gasteiger partial charge in [-0.15, -0.1) is 0 Å². The molecular weight excluding hydrogens is 116 g/mol. The van der Waals surface area contributed by atoms with E-state index in [9.17, 15) is 0 Å². The van der Waals surface area contributed by atoms with E-state index in [2.05, 4.69) is 0 Å². The normalized spacial score (nSPS) is 32.2. The molecule has 52 valence electrons. The van der Waals surface area contributed by atoms with Crippen molar-refractivity contribution in [2.75, 3.05) is 6.61 Å². The smallest absolute Gasteiger partial charge is 0.114 e. The Kier molecular flexibility index (Phi) is 2.11. The molecule has 2 heteroatoms. The van der Waals surface area contributed by atoms with Crippen LogP contribution < -0.4 is 0 Å². The van der Waals surface area contributed by atoms with Gasteiger partial charge in [0.2, 0.25) is 0 Å². The third-order valence-corrected chi connectivity index (χ3v) is 1.51. The van der Waals surface area contributed by atoms with Crippen LogP contribution in [-0.2, 0) is 4.74 Å². The van der Waals surface area contributed by atoms with Crippen LogP contribution in [0.3, 0.4) is 0 Å². The SMILES string of the molecule is CC=C1CC[C@@H](O)CO1. The molecule has 0 saturated carbocycles. The Morgan fingerprint density at radius 2 is 2.56 bits per heavy atom. The van der Waals surface area contributed by atoms with Crippen molar-refractivity contribution in [2.45, 2.75) is 25.9 Å². The maximum atomic E-state index is 8.97. The molecule has 0 radical (unpaired) electrons. The van der Waals surface area contributed by atoms with Gasteiger partial charge in [-0.3, -0.25) is 0 Å². The van der Waals surface area contributed by atoms with E-state index in [1.165, 1.54) is 0 Å². The molecule has 0 aromatic heterocycles. The second kappa shape index (κ2) is 2.87. The van der Waals surface area contributed by atoms with E-state index in [4.69, 9.17) is 9.84 Å². The second-order valence-corrected chi connectivity index (χ2v) is 2.26. The number of aliphatic hydroxyl groups excluding tert-OH is 1. The van der Waals surface area contributed by atoms with Crippen molar-refractivity contribution in [3.05, 3.63) is 11.8 Å². The molecule has 1 saturated heterocycles. The topological polar surface area (TPSA) is 29.5 Å². The summed E-state index contributed by atoms with van der Waals surface area (Å²) < 4.78 is 5.15. The lowest BCUT2D eigenvalue weighted by molar-refractivity contribution is 0.0324. The van der Waals surface area contributed by atoms with Crippen LogP contribution in [0.4, 0.5) is 0 Å². The molecule has 9 heavy (non-hydrogen) atoms. The molecule has 1 heterocycles. The summed E-state index contributed by atoms with van der Waals surface area (Å²) in [4.78, 5) is 0. The number of ether oxygens (including phenoxy) is 1. The third kappa shape index (κ3) is 1.72. The highest BCUT2D eigenvalue weighted by Gasteiger charge is 2.12. The monoisotopic (exact) mass is 128 g/mol. The van der Waals surface area contributed by atoms with E-state index in [1.807, 2.05) is 13.0 Å². The van der Waals surface area contributed by atoms with Crippen molar-refractivity contribution < 1.29 is 9.84 Å². The predicted octanol–water partition coefficient (Wildman–Crippen LogP) is 1.06. The van der Waals surface area contributed by atoms with Crippen LogP contribution in [0.25, 0.3) is 0 Å². The van der Waals surface area contributed by atoms with Crippen molar-refractivity contribution in [1.29, 1.82) is 0 Å². The van der Waals surface area contributed by atoms with Crippen molar-refractivity contribution in [1.82, 2.24) is 0 Å². The van der Waals surface area contributed by atoms with Gasteiger partial charge in [-0.2, -0.15) is 0 Å². The largest absolute Gasteiger partial charge is 0.496 e. The minimum Gasteiger partial charge on any atom is -0.496 e. The first-order valence-electron chi connectivity index (χ1n) is 3.29. The fourth-order valence-electron chi connectivity index (χ4n) is 0.895. The molecule has 1 fully saturated rings. The molecule has 1 N–H and O–H groups in total. The highest BCUT2D eigenvalue weighted by molar-refractivity contribution is 4.93. The van der Waals surface area contributed by atoms with E-state index in [1.54, 1.807) is 0 Å². The van der Waals surface area contributed by atoms with Crippen molar-refractivity contribution in [3.63, 3.8) is 0 Å². The fourth-order valence-corrected chi connectivity index (χ4v) is 0.895. The van der Waals surface area contributed by atoms with Crippen LogP contribution in [-0.4, -0.2) is 17.8 Å². The molecule has 1 aliphatic rings. The molecule has 0 bridgehead atoms. The number of rotatable bonds is 0. The van der Waals surface area contributed by atoms with Crippen LogP contribution in [0, 0.1) is 0 Å². The summed E-state index contributed by atoms with van der Waals surface area (Å²) in [6.07, 6.45) is 3.44. The third-order valence-electron chi connectivity index (χ3n) is 1.51. The van der Waals surface area contributed by atoms with Gasteiger partial charge in [0.25, 0.3) is 0 Å². The van der Waals surface area contributed by atoms with Gasteiger partial charge in [-0.05, 0) is 19.4 Å². The number of hydrogen-bond acceptors (Lipinski definition) is 2. The zero-order valence-electron chi connectivity index (χ0n) is 5.63. The van der Waals surface area contributed by atoms with E-state index in [0.29, 0.717) is 6.61 Å². The summed E-state index contributed by atoms with van der Waals surface area (Å²) in [6.45, 7) is 2.42. The first kappa shape index (κ1) is 6.62. The number of aliphatic hydroxyl groups is 1. The Hall–Kier alpha value is -0.500. The molecule has 1 rings (SSSR count). The number of allylic oxidation sites excluding steroid dienone is 2. The Balaban J connectivity index is 2.35. The summed E-state index contributed by atoms with van der Waals surface area (Å²) in [7, 11) is 0.